The largest absolute Gasteiger partial charge is 0.467 e. The first kappa shape index (κ1) is 14.7. The zero-order valence-corrected chi connectivity index (χ0v) is 12.8. The second-order valence-corrected chi connectivity index (χ2v) is 5.59. The van der Waals surface area contributed by atoms with Gasteiger partial charge in [-0.2, -0.15) is 0 Å². The number of hydrogen-bond donors (Lipinski definition) is 1. The lowest BCUT2D eigenvalue weighted by molar-refractivity contribution is 0.507. The number of furan rings is 1. The maximum absolute atomic E-state index is 5.40. The molecule has 1 N–H and O–H groups in total. The summed E-state index contributed by atoms with van der Waals surface area (Å²) >= 11 is 0. The van der Waals surface area contributed by atoms with Gasteiger partial charge in [0, 0.05) is 25.3 Å². The van der Waals surface area contributed by atoms with Gasteiger partial charge < -0.3 is 14.6 Å². The fourth-order valence-corrected chi connectivity index (χ4v) is 2.30. The summed E-state index contributed by atoms with van der Waals surface area (Å²) in [4.78, 5) is 2.22. The van der Waals surface area contributed by atoms with E-state index in [1.165, 1.54) is 16.8 Å². The molecular weight excluding hydrogens is 248 g/mol. The van der Waals surface area contributed by atoms with E-state index in [1.54, 1.807) is 6.26 Å². The van der Waals surface area contributed by atoms with Crippen LogP contribution in [0.25, 0.3) is 0 Å². The van der Waals surface area contributed by atoms with Gasteiger partial charge in [0.15, 0.2) is 0 Å². The minimum absolute atomic E-state index is 0.511. The fraction of sp³-hybridized carbons (Fsp3) is 0.412. The van der Waals surface area contributed by atoms with Crippen molar-refractivity contribution in [1.82, 2.24) is 5.32 Å². The standard InChI is InChI=1S/C17H24N2O/c1-13(2)18-11-15-7-8-17(14(3)10-15)19(4)12-16-6-5-9-20-16/h5-10,13,18H,11-12H2,1-4H3. The van der Waals surface area contributed by atoms with Gasteiger partial charge in [-0.3, -0.25) is 0 Å². The minimum atomic E-state index is 0.511. The summed E-state index contributed by atoms with van der Waals surface area (Å²) < 4.78 is 5.40. The Morgan fingerprint density at radius 3 is 2.65 bits per heavy atom. The molecule has 0 aliphatic rings. The number of nitrogens with one attached hydrogen (secondary N) is 1. The third kappa shape index (κ3) is 3.87. The Morgan fingerprint density at radius 1 is 1.25 bits per heavy atom. The lowest BCUT2D eigenvalue weighted by Gasteiger charge is -2.21. The van der Waals surface area contributed by atoms with Gasteiger partial charge in [-0.05, 0) is 36.2 Å². The normalized spacial score (nSPS) is 11.1. The van der Waals surface area contributed by atoms with Crippen molar-refractivity contribution in [2.45, 2.75) is 39.9 Å². The number of hydrogen-bond acceptors (Lipinski definition) is 3. The Bertz CT molecular complexity index is 532. The summed E-state index contributed by atoms with van der Waals surface area (Å²) in [5.74, 6) is 0.984. The smallest absolute Gasteiger partial charge is 0.123 e. The highest BCUT2D eigenvalue weighted by Crippen LogP contribution is 2.22. The molecule has 1 aromatic heterocycles. The van der Waals surface area contributed by atoms with Crippen LogP contribution in [0.15, 0.2) is 41.0 Å². The maximum atomic E-state index is 5.40. The van der Waals surface area contributed by atoms with Crippen LogP contribution in [0.3, 0.4) is 0 Å². The molecular formula is C17H24N2O. The first-order valence-electron chi connectivity index (χ1n) is 7.12. The van der Waals surface area contributed by atoms with Crippen molar-refractivity contribution in [2.75, 3.05) is 11.9 Å². The average molecular weight is 272 g/mol. The Morgan fingerprint density at radius 2 is 2.05 bits per heavy atom. The molecule has 0 bridgehead atoms. The Balaban J connectivity index is 2.05. The molecule has 0 aliphatic heterocycles. The van der Waals surface area contributed by atoms with Crippen LogP contribution in [-0.2, 0) is 13.1 Å². The summed E-state index contributed by atoms with van der Waals surface area (Å²) in [5.41, 5.74) is 3.86. The lowest BCUT2D eigenvalue weighted by Crippen LogP contribution is -2.22. The van der Waals surface area contributed by atoms with E-state index in [1.807, 2.05) is 12.1 Å². The molecule has 1 heterocycles. The van der Waals surface area contributed by atoms with Gasteiger partial charge in [-0.1, -0.05) is 26.0 Å². The third-order valence-corrected chi connectivity index (χ3v) is 3.36. The Kier molecular flexibility index (Phi) is 4.85. The van der Waals surface area contributed by atoms with Crippen LogP contribution in [0.5, 0.6) is 0 Å². The molecule has 3 nitrogen and oxygen atoms in total. The highest BCUT2D eigenvalue weighted by molar-refractivity contribution is 5.54. The number of rotatable bonds is 6. The van der Waals surface area contributed by atoms with E-state index in [0.717, 1.165) is 18.8 Å². The number of aryl methyl sites for hydroxylation is 1. The molecule has 1 aromatic carbocycles. The monoisotopic (exact) mass is 272 g/mol. The second-order valence-electron chi connectivity index (χ2n) is 5.59. The van der Waals surface area contributed by atoms with Crippen LogP contribution in [0.2, 0.25) is 0 Å². The summed E-state index contributed by atoms with van der Waals surface area (Å²) in [5, 5.41) is 3.45. The van der Waals surface area contributed by atoms with Crippen molar-refractivity contribution in [3.63, 3.8) is 0 Å². The number of anilines is 1. The molecule has 0 radical (unpaired) electrons. The molecule has 2 aromatic rings. The van der Waals surface area contributed by atoms with Gasteiger partial charge >= 0.3 is 0 Å². The van der Waals surface area contributed by atoms with E-state index in [9.17, 15) is 0 Å². The molecule has 0 amide bonds. The van der Waals surface area contributed by atoms with E-state index in [0.29, 0.717) is 6.04 Å². The Hall–Kier alpha value is -1.74. The van der Waals surface area contributed by atoms with Crippen LogP contribution in [0.1, 0.15) is 30.7 Å². The predicted molar refractivity (Wildman–Crippen MR) is 84.0 cm³/mol. The summed E-state index contributed by atoms with van der Waals surface area (Å²) in [6.07, 6.45) is 1.72. The predicted octanol–water partition coefficient (Wildman–Crippen LogP) is 3.72. The van der Waals surface area contributed by atoms with Crippen LogP contribution in [0, 0.1) is 6.92 Å². The zero-order valence-electron chi connectivity index (χ0n) is 12.8. The first-order chi connectivity index (χ1) is 9.56. The molecule has 0 saturated heterocycles. The van der Waals surface area contributed by atoms with Gasteiger partial charge in [-0.25, -0.2) is 0 Å². The van der Waals surface area contributed by atoms with Crippen LogP contribution < -0.4 is 10.2 Å². The minimum Gasteiger partial charge on any atom is -0.467 e. The first-order valence-corrected chi connectivity index (χ1v) is 7.12. The maximum Gasteiger partial charge on any atom is 0.123 e. The highest BCUT2D eigenvalue weighted by Gasteiger charge is 2.08. The van der Waals surface area contributed by atoms with E-state index < -0.39 is 0 Å². The molecule has 2 rings (SSSR count). The molecule has 0 spiro atoms. The van der Waals surface area contributed by atoms with Gasteiger partial charge in [0.1, 0.15) is 5.76 Å². The topological polar surface area (TPSA) is 28.4 Å². The van der Waals surface area contributed by atoms with Gasteiger partial charge in [0.2, 0.25) is 0 Å². The Labute approximate surface area is 121 Å². The lowest BCUT2D eigenvalue weighted by atomic mass is 10.1. The van der Waals surface area contributed by atoms with E-state index >= 15 is 0 Å². The molecule has 0 atom stereocenters. The van der Waals surface area contributed by atoms with Crippen LogP contribution in [-0.4, -0.2) is 13.1 Å². The van der Waals surface area contributed by atoms with Crippen molar-refractivity contribution in [1.29, 1.82) is 0 Å². The quantitative estimate of drug-likeness (QED) is 0.868. The van der Waals surface area contributed by atoms with Gasteiger partial charge in [-0.15, -0.1) is 0 Å². The van der Waals surface area contributed by atoms with E-state index in [-0.39, 0.29) is 0 Å². The fourth-order valence-electron chi connectivity index (χ4n) is 2.30. The second kappa shape index (κ2) is 6.62. The van der Waals surface area contributed by atoms with Crippen molar-refractivity contribution < 1.29 is 4.42 Å². The van der Waals surface area contributed by atoms with Crippen molar-refractivity contribution in [3.8, 4) is 0 Å². The molecule has 0 unspecified atom stereocenters. The average Bonchev–Trinajstić information content (AvgIpc) is 2.89. The van der Waals surface area contributed by atoms with E-state index in [4.69, 9.17) is 4.42 Å². The van der Waals surface area contributed by atoms with Gasteiger partial charge in [0.05, 0.1) is 12.8 Å². The van der Waals surface area contributed by atoms with Crippen molar-refractivity contribution in [2.24, 2.45) is 0 Å². The van der Waals surface area contributed by atoms with Crippen molar-refractivity contribution in [3.05, 3.63) is 53.5 Å². The number of nitrogens with zero attached hydrogens (tertiary/aromatic N) is 1. The summed E-state index contributed by atoms with van der Waals surface area (Å²) in [6, 6.07) is 11.1. The SMILES string of the molecule is Cc1cc(CNC(C)C)ccc1N(C)Cc1ccco1. The van der Waals surface area contributed by atoms with Crippen LogP contribution >= 0.6 is 0 Å². The number of benzene rings is 1. The van der Waals surface area contributed by atoms with Gasteiger partial charge in [0.25, 0.3) is 0 Å². The molecule has 3 heteroatoms. The molecule has 108 valence electrons. The molecule has 0 aliphatic carbocycles. The zero-order chi connectivity index (χ0) is 14.5. The molecule has 0 saturated carbocycles. The third-order valence-electron chi connectivity index (χ3n) is 3.36. The summed E-state index contributed by atoms with van der Waals surface area (Å²) in [6.45, 7) is 8.20. The van der Waals surface area contributed by atoms with Crippen molar-refractivity contribution >= 4 is 5.69 Å². The summed E-state index contributed by atoms with van der Waals surface area (Å²) in [7, 11) is 2.09. The highest BCUT2D eigenvalue weighted by atomic mass is 16.3. The van der Waals surface area contributed by atoms with E-state index in [2.05, 4.69) is 56.2 Å². The molecule has 0 fully saturated rings. The van der Waals surface area contributed by atoms with Crippen LogP contribution in [0.4, 0.5) is 5.69 Å². The molecule has 20 heavy (non-hydrogen) atoms.